The van der Waals surface area contributed by atoms with E-state index in [9.17, 15) is 13.2 Å². The summed E-state index contributed by atoms with van der Waals surface area (Å²) in [6.45, 7) is 0. The lowest BCUT2D eigenvalue weighted by Crippen LogP contribution is -2.00. The molecule has 7 nitrogen and oxygen atoms in total. The van der Waals surface area contributed by atoms with E-state index in [2.05, 4.69) is 40.3 Å². The Balaban J connectivity index is 1.00. The SMILES string of the molecule is Fc1ccc(-c2nc(-c3ccc(C(F)F)cc3)nc(-c3cccc(-c4cccc(-c5cc(-c6ccccn6)nc(-c6ccc7oc8ccc9ccccc9c8c7c6)n5)c4)c3)n2)cc1. The molecular weight excluding hydrogens is 794 g/mol. The van der Waals surface area contributed by atoms with Crippen LogP contribution in [0.3, 0.4) is 0 Å². The fraction of sp³-hybridized carbons (Fsp3) is 0.0189. The van der Waals surface area contributed by atoms with E-state index < -0.39 is 12.2 Å². The standard InChI is InChI=1S/C53H31F3N6O/c54-40-22-18-34(19-23-40)51-60-50(33-16-14-32(15-17-33)49(55)56)61-53(62-51)38-11-6-9-36(28-38)35-8-5-10-37(27-35)44-30-45(43-13-3-4-26-57-43)59-52(58-44)39-21-24-46-42(29-39)48-41-12-2-1-7-31(41)20-25-47(48)63-46/h1-30,49H. The number of hydrogen-bond donors (Lipinski definition) is 0. The minimum absolute atomic E-state index is 0.105. The molecule has 0 atom stereocenters. The maximum atomic E-state index is 13.9. The summed E-state index contributed by atoms with van der Waals surface area (Å²) in [7, 11) is 0. The van der Waals surface area contributed by atoms with Crippen LogP contribution in [0, 0.1) is 5.82 Å². The highest BCUT2D eigenvalue weighted by molar-refractivity contribution is 6.19. The van der Waals surface area contributed by atoms with E-state index in [0.29, 0.717) is 57.1 Å². The van der Waals surface area contributed by atoms with Gasteiger partial charge in [0.05, 0.1) is 17.1 Å². The van der Waals surface area contributed by atoms with E-state index in [1.807, 2.05) is 97.1 Å². The first-order valence-corrected chi connectivity index (χ1v) is 20.2. The molecule has 11 rings (SSSR count). The van der Waals surface area contributed by atoms with Gasteiger partial charge >= 0.3 is 0 Å². The summed E-state index contributed by atoms with van der Waals surface area (Å²) in [4.78, 5) is 29.1. The lowest BCUT2D eigenvalue weighted by Gasteiger charge is -2.12. The van der Waals surface area contributed by atoms with Gasteiger partial charge in [-0.15, -0.1) is 0 Å². The molecule has 0 bridgehead atoms. The third-order valence-electron chi connectivity index (χ3n) is 11.0. The van der Waals surface area contributed by atoms with Crippen LogP contribution < -0.4 is 0 Å². The number of benzene rings is 7. The first-order valence-electron chi connectivity index (χ1n) is 20.2. The highest BCUT2D eigenvalue weighted by atomic mass is 19.3. The monoisotopic (exact) mass is 824 g/mol. The number of furan rings is 1. The van der Waals surface area contributed by atoms with Crippen molar-refractivity contribution in [3.05, 3.63) is 194 Å². The third-order valence-corrected chi connectivity index (χ3v) is 11.0. The normalized spacial score (nSPS) is 11.6. The molecule has 0 radical (unpaired) electrons. The summed E-state index contributed by atoms with van der Waals surface area (Å²) in [6.07, 6.45) is -0.858. The molecular formula is C53H31F3N6O. The molecule has 300 valence electrons. The van der Waals surface area contributed by atoms with Crippen LogP contribution in [0.15, 0.2) is 187 Å². The van der Waals surface area contributed by atoms with Gasteiger partial charge in [0.2, 0.25) is 0 Å². The second-order valence-corrected chi connectivity index (χ2v) is 15.0. The number of aromatic nitrogens is 6. The number of fused-ring (bicyclic) bond motifs is 5. The van der Waals surface area contributed by atoms with Crippen LogP contribution in [0.2, 0.25) is 0 Å². The molecule has 0 fully saturated rings. The molecule has 4 heterocycles. The zero-order chi connectivity index (χ0) is 42.4. The van der Waals surface area contributed by atoms with Crippen molar-refractivity contribution in [3.63, 3.8) is 0 Å². The maximum Gasteiger partial charge on any atom is 0.263 e. The van der Waals surface area contributed by atoms with Gasteiger partial charge < -0.3 is 4.42 Å². The largest absolute Gasteiger partial charge is 0.456 e. The Morgan fingerprint density at radius 2 is 0.984 bits per heavy atom. The summed E-state index contributed by atoms with van der Waals surface area (Å²) in [5.41, 5.74) is 8.93. The first kappa shape index (κ1) is 37.6. The van der Waals surface area contributed by atoms with Gasteiger partial charge in [-0.2, -0.15) is 0 Å². The van der Waals surface area contributed by atoms with Crippen LogP contribution in [0.1, 0.15) is 12.0 Å². The summed E-state index contributed by atoms with van der Waals surface area (Å²) in [6, 6.07) is 53.8. The van der Waals surface area contributed by atoms with Crippen molar-refractivity contribution < 1.29 is 17.6 Å². The minimum atomic E-state index is -2.61. The quantitative estimate of drug-likeness (QED) is 0.151. The van der Waals surface area contributed by atoms with Gasteiger partial charge in [-0.1, -0.05) is 97.1 Å². The van der Waals surface area contributed by atoms with Gasteiger partial charge in [-0.05, 0) is 101 Å². The number of halogens is 3. The number of pyridine rings is 1. The van der Waals surface area contributed by atoms with Gasteiger partial charge in [0, 0.05) is 50.4 Å². The Morgan fingerprint density at radius 3 is 1.71 bits per heavy atom. The average Bonchev–Trinajstić information content (AvgIpc) is 3.73. The van der Waals surface area contributed by atoms with Crippen molar-refractivity contribution in [2.24, 2.45) is 0 Å². The first-order chi connectivity index (χ1) is 30.9. The molecule has 0 saturated carbocycles. The molecule has 0 aliphatic rings. The predicted octanol–water partition coefficient (Wildman–Crippen LogP) is 13.9. The molecule has 11 aromatic rings. The van der Waals surface area contributed by atoms with Gasteiger partial charge in [-0.3, -0.25) is 4.98 Å². The molecule has 63 heavy (non-hydrogen) atoms. The van der Waals surface area contributed by atoms with Crippen molar-refractivity contribution in [3.8, 4) is 79.3 Å². The Bertz CT molecular complexity index is 3500. The van der Waals surface area contributed by atoms with Crippen molar-refractivity contribution in [2.45, 2.75) is 6.43 Å². The maximum absolute atomic E-state index is 13.9. The smallest absolute Gasteiger partial charge is 0.263 e. The number of rotatable bonds is 8. The molecule has 0 spiro atoms. The molecule has 10 heteroatoms. The van der Waals surface area contributed by atoms with E-state index in [1.165, 1.54) is 24.3 Å². The van der Waals surface area contributed by atoms with Crippen LogP contribution in [-0.4, -0.2) is 29.9 Å². The molecule has 4 aromatic heterocycles. The van der Waals surface area contributed by atoms with Gasteiger partial charge in [0.1, 0.15) is 17.0 Å². The Hall–Kier alpha value is -8.37. The van der Waals surface area contributed by atoms with Crippen molar-refractivity contribution in [1.82, 2.24) is 29.9 Å². The summed E-state index contributed by atoms with van der Waals surface area (Å²) in [5.74, 6) is 1.13. The van der Waals surface area contributed by atoms with Gasteiger partial charge in [0.25, 0.3) is 6.43 Å². The summed E-state index contributed by atoms with van der Waals surface area (Å²) < 4.78 is 47.1. The number of hydrogen-bond acceptors (Lipinski definition) is 7. The minimum Gasteiger partial charge on any atom is -0.456 e. The van der Waals surface area contributed by atoms with E-state index >= 15 is 0 Å². The second-order valence-electron chi connectivity index (χ2n) is 15.0. The van der Waals surface area contributed by atoms with Crippen LogP contribution in [0.25, 0.3) is 112 Å². The van der Waals surface area contributed by atoms with Crippen LogP contribution >= 0.6 is 0 Å². The molecule has 0 N–H and O–H groups in total. The fourth-order valence-corrected chi connectivity index (χ4v) is 7.89. The molecule has 0 saturated heterocycles. The number of alkyl halides is 2. The lowest BCUT2D eigenvalue weighted by atomic mass is 9.99. The topological polar surface area (TPSA) is 90.5 Å². The highest BCUT2D eigenvalue weighted by Crippen LogP contribution is 2.38. The third kappa shape index (κ3) is 7.23. The van der Waals surface area contributed by atoms with Crippen molar-refractivity contribution in [2.75, 3.05) is 0 Å². The van der Waals surface area contributed by atoms with Gasteiger partial charge in [-0.25, -0.2) is 38.1 Å². The summed E-state index contributed by atoms with van der Waals surface area (Å²) in [5, 5.41) is 4.27. The second kappa shape index (κ2) is 15.6. The molecule has 0 aliphatic heterocycles. The van der Waals surface area contributed by atoms with Crippen LogP contribution in [0.4, 0.5) is 13.2 Å². The van der Waals surface area contributed by atoms with E-state index in [1.54, 1.807) is 30.5 Å². The number of nitrogens with zero attached hydrogens (tertiary/aromatic N) is 6. The molecule has 7 aromatic carbocycles. The molecule has 0 amide bonds. The zero-order valence-electron chi connectivity index (χ0n) is 33.1. The van der Waals surface area contributed by atoms with E-state index in [-0.39, 0.29) is 5.56 Å². The lowest BCUT2D eigenvalue weighted by molar-refractivity contribution is 0.151. The molecule has 0 unspecified atom stereocenters. The fourth-order valence-electron chi connectivity index (χ4n) is 7.89. The predicted molar refractivity (Wildman–Crippen MR) is 241 cm³/mol. The Kier molecular flexibility index (Phi) is 9.31. The van der Waals surface area contributed by atoms with Gasteiger partial charge in [0.15, 0.2) is 23.3 Å². The van der Waals surface area contributed by atoms with Crippen molar-refractivity contribution >= 4 is 32.7 Å². The highest BCUT2D eigenvalue weighted by Gasteiger charge is 2.18. The van der Waals surface area contributed by atoms with E-state index in [0.717, 1.165) is 55.0 Å². The summed E-state index contributed by atoms with van der Waals surface area (Å²) >= 11 is 0. The van der Waals surface area contributed by atoms with E-state index in [4.69, 9.17) is 24.4 Å². The Labute approximate surface area is 358 Å². The van der Waals surface area contributed by atoms with Crippen LogP contribution in [-0.2, 0) is 0 Å². The molecule has 0 aliphatic carbocycles. The zero-order valence-corrected chi connectivity index (χ0v) is 33.1. The van der Waals surface area contributed by atoms with Crippen LogP contribution in [0.5, 0.6) is 0 Å². The van der Waals surface area contributed by atoms with Crippen molar-refractivity contribution in [1.29, 1.82) is 0 Å². The average molecular weight is 825 g/mol. The Morgan fingerprint density at radius 1 is 0.397 bits per heavy atom.